The third-order valence-corrected chi connectivity index (χ3v) is 3.93. The van der Waals surface area contributed by atoms with Crippen molar-refractivity contribution in [3.05, 3.63) is 11.6 Å². The number of ether oxygens (including phenoxy) is 1. The lowest BCUT2D eigenvalue weighted by Crippen LogP contribution is -2.32. The van der Waals surface area contributed by atoms with E-state index in [4.69, 9.17) is 4.74 Å². The second kappa shape index (κ2) is 12.7. The molecule has 0 aromatic rings. The Balaban J connectivity index is 2.48. The van der Waals surface area contributed by atoms with Crippen LogP contribution in [0.4, 0.5) is 0 Å². The maximum absolute atomic E-state index is 10.9. The van der Waals surface area contributed by atoms with E-state index >= 15 is 0 Å². The van der Waals surface area contributed by atoms with Gasteiger partial charge in [0, 0.05) is 24.8 Å². The van der Waals surface area contributed by atoms with Crippen molar-refractivity contribution in [2.45, 2.75) is 77.2 Å². The van der Waals surface area contributed by atoms with Crippen LogP contribution in [0.3, 0.4) is 0 Å². The van der Waals surface area contributed by atoms with E-state index in [0.717, 1.165) is 44.1 Å². The van der Waals surface area contributed by atoms with Gasteiger partial charge in [-0.05, 0) is 25.7 Å². The summed E-state index contributed by atoms with van der Waals surface area (Å²) in [5, 5.41) is 10.9. The summed E-state index contributed by atoms with van der Waals surface area (Å²) in [6.07, 6.45) is 10.5. The van der Waals surface area contributed by atoms with E-state index in [0.29, 0.717) is 19.6 Å². The number of hydrogen-bond donors (Lipinski definition) is 1. The lowest BCUT2D eigenvalue weighted by atomic mass is 9.81. The molecule has 0 aliphatic heterocycles. The molecular weight excluding hydrogens is 296 g/mol. The zero-order valence-electron chi connectivity index (χ0n) is 15.2. The Bertz CT molecular complexity index is 568. The summed E-state index contributed by atoms with van der Waals surface area (Å²) in [4.78, 5) is 0. The zero-order chi connectivity index (χ0) is 17.5. The zero-order valence-corrected chi connectivity index (χ0v) is 15.2. The lowest BCUT2D eigenvalue weighted by molar-refractivity contribution is 0.0718. The normalized spacial score (nSPS) is 19.0. The van der Waals surface area contributed by atoms with E-state index in [9.17, 15) is 5.11 Å². The van der Waals surface area contributed by atoms with E-state index < -0.39 is 5.60 Å². The van der Waals surface area contributed by atoms with Gasteiger partial charge in [0.05, 0.1) is 0 Å². The van der Waals surface area contributed by atoms with Crippen molar-refractivity contribution >= 4 is 0 Å². The standard InChI is InChI=1S/C22H30O2/c1-3-5-7-8-9-15-21-16-10-11-17-22(21,23)18-12-14-20-24-19-13-6-4-2/h16,23H,3-5,7-8,10-11,17-20H2,1-2H3. The summed E-state index contributed by atoms with van der Waals surface area (Å²) < 4.78 is 5.32. The average molecular weight is 326 g/mol. The number of allylic oxidation sites excluding steroid dienone is 1. The molecule has 0 fully saturated rings. The molecule has 1 unspecified atom stereocenters. The first kappa shape index (κ1) is 20.4. The molecule has 1 rings (SSSR count). The van der Waals surface area contributed by atoms with Crippen LogP contribution in [0.15, 0.2) is 11.6 Å². The third-order valence-electron chi connectivity index (χ3n) is 3.93. The van der Waals surface area contributed by atoms with E-state index in [-0.39, 0.29) is 0 Å². The monoisotopic (exact) mass is 326 g/mol. The number of aliphatic hydroxyl groups is 1. The Hall–Kier alpha value is -1.66. The molecular formula is C22H30O2. The van der Waals surface area contributed by atoms with Crippen LogP contribution in [-0.4, -0.2) is 23.9 Å². The fourth-order valence-electron chi connectivity index (χ4n) is 2.53. The highest BCUT2D eigenvalue weighted by molar-refractivity contribution is 5.39. The SMILES string of the molecule is CCC#CCOCC#CCC1(O)CCCC=C1C#CCCCCC. The van der Waals surface area contributed by atoms with Crippen LogP contribution in [0, 0.1) is 35.5 Å². The van der Waals surface area contributed by atoms with Crippen LogP contribution in [-0.2, 0) is 4.74 Å². The fourth-order valence-corrected chi connectivity index (χ4v) is 2.53. The van der Waals surface area contributed by atoms with E-state index in [2.05, 4.69) is 48.5 Å². The molecule has 1 aliphatic rings. The molecule has 0 aromatic carbocycles. The average Bonchev–Trinajstić information content (AvgIpc) is 2.59. The van der Waals surface area contributed by atoms with Crippen molar-refractivity contribution in [3.63, 3.8) is 0 Å². The molecule has 2 nitrogen and oxygen atoms in total. The first-order valence-corrected chi connectivity index (χ1v) is 9.14. The van der Waals surface area contributed by atoms with Crippen LogP contribution < -0.4 is 0 Å². The Morgan fingerprint density at radius 2 is 1.88 bits per heavy atom. The van der Waals surface area contributed by atoms with Gasteiger partial charge in [-0.2, -0.15) is 0 Å². The van der Waals surface area contributed by atoms with Crippen molar-refractivity contribution in [1.29, 1.82) is 0 Å². The molecule has 24 heavy (non-hydrogen) atoms. The molecule has 1 N–H and O–H groups in total. The number of unbranched alkanes of at least 4 members (excludes halogenated alkanes) is 3. The highest BCUT2D eigenvalue weighted by atomic mass is 16.5. The molecule has 0 radical (unpaired) electrons. The first-order valence-electron chi connectivity index (χ1n) is 9.14. The summed E-state index contributed by atoms with van der Waals surface area (Å²) in [6, 6.07) is 0. The van der Waals surface area contributed by atoms with Gasteiger partial charge >= 0.3 is 0 Å². The van der Waals surface area contributed by atoms with Gasteiger partial charge in [-0.3, -0.25) is 0 Å². The minimum atomic E-state index is -0.884. The van der Waals surface area contributed by atoms with Crippen LogP contribution >= 0.6 is 0 Å². The number of hydrogen-bond acceptors (Lipinski definition) is 2. The second-order valence-electron chi connectivity index (χ2n) is 6.03. The summed E-state index contributed by atoms with van der Waals surface area (Å²) in [5.41, 5.74) is -0.0281. The van der Waals surface area contributed by atoms with Crippen LogP contribution in [0.2, 0.25) is 0 Å². The van der Waals surface area contributed by atoms with Crippen molar-refractivity contribution < 1.29 is 9.84 Å². The Kier molecular flexibility index (Phi) is 10.8. The van der Waals surface area contributed by atoms with Crippen molar-refractivity contribution in [3.8, 4) is 35.5 Å². The van der Waals surface area contributed by atoms with Gasteiger partial charge < -0.3 is 9.84 Å². The third kappa shape index (κ3) is 8.26. The molecule has 0 amide bonds. The van der Waals surface area contributed by atoms with E-state index in [1.54, 1.807) is 0 Å². The van der Waals surface area contributed by atoms with Gasteiger partial charge in [0.25, 0.3) is 0 Å². The molecule has 1 aliphatic carbocycles. The summed E-state index contributed by atoms with van der Waals surface area (Å²) in [7, 11) is 0. The molecule has 1 atom stereocenters. The highest BCUT2D eigenvalue weighted by Crippen LogP contribution is 2.31. The van der Waals surface area contributed by atoms with Gasteiger partial charge in [-0.15, -0.1) is 5.92 Å². The smallest absolute Gasteiger partial charge is 0.109 e. The van der Waals surface area contributed by atoms with Gasteiger partial charge in [-0.1, -0.05) is 62.4 Å². The summed E-state index contributed by atoms with van der Waals surface area (Å²) in [6.45, 7) is 4.97. The quantitative estimate of drug-likeness (QED) is 0.584. The molecule has 0 saturated carbocycles. The minimum absolute atomic E-state index is 0.357. The molecule has 0 heterocycles. The summed E-state index contributed by atoms with van der Waals surface area (Å²) >= 11 is 0. The maximum atomic E-state index is 10.9. The van der Waals surface area contributed by atoms with Crippen molar-refractivity contribution in [2.75, 3.05) is 13.2 Å². The van der Waals surface area contributed by atoms with Crippen LogP contribution in [0.25, 0.3) is 0 Å². The molecule has 130 valence electrons. The first-order chi connectivity index (χ1) is 11.7. The van der Waals surface area contributed by atoms with Crippen molar-refractivity contribution in [2.24, 2.45) is 0 Å². The molecule has 0 spiro atoms. The molecule has 0 bridgehead atoms. The van der Waals surface area contributed by atoms with Crippen LogP contribution in [0.5, 0.6) is 0 Å². The largest absolute Gasteiger partial charge is 0.384 e. The Morgan fingerprint density at radius 3 is 2.62 bits per heavy atom. The Labute approximate surface area is 148 Å². The minimum Gasteiger partial charge on any atom is -0.384 e. The van der Waals surface area contributed by atoms with Crippen LogP contribution in [0.1, 0.15) is 71.6 Å². The fraction of sp³-hybridized carbons (Fsp3) is 0.636. The molecule has 0 aromatic heterocycles. The Morgan fingerprint density at radius 1 is 1.08 bits per heavy atom. The predicted octanol–water partition coefficient (Wildman–Crippen LogP) is 4.24. The lowest BCUT2D eigenvalue weighted by Gasteiger charge is -2.29. The van der Waals surface area contributed by atoms with E-state index in [1.807, 2.05) is 6.92 Å². The second-order valence-corrected chi connectivity index (χ2v) is 6.03. The summed E-state index contributed by atoms with van der Waals surface area (Å²) in [5.74, 6) is 18.3. The molecule has 0 saturated heterocycles. The van der Waals surface area contributed by atoms with Gasteiger partial charge in [-0.25, -0.2) is 0 Å². The van der Waals surface area contributed by atoms with Gasteiger partial charge in [0.1, 0.15) is 18.8 Å². The maximum Gasteiger partial charge on any atom is 0.109 e. The molecule has 2 heteroatoms. The van der Waals surface area contributed by atoms with Gasteiger partial charge in [0.2, 0.25) is 0 Å². The topological polar surface area (TPSA) is 29.5 Å². The number of rotatable bonds is 6. The van der Waals surface area contributed by atoms with Gasteiger partial charge in [0.15, 0.2) is 0 Å². The highest BCUT2D eigenvalue weighted by Gasteiger charge is 2.31. The predicted molar refractivity (Wildman–Crippen MR) is 100 cm³/mol. The van der Waals surface area contributed by atoms with Crippen molar-refractivity contribution in [1.82, 2.24) is 0 Å². The van der Waals surface area contributed by atoms with E-state index in [1.165, 1.54) is 12.8 Å².